The van der Waals surface area contributed by atoms with E-state index in [1.54, 1.807) is 30.3 Å². The molecule has 0 saturated heterocycles. The standard InChI is InChI=1S/C28H36N4O7S/c1-2-3-15-39-28(36)26(34)25(20-9-11-21(29)12-10-20)30-27(35)23-14-13-22-16-31(17-24(33)32(22)23)40(37,38)18-19-7-5-4-6-8-19/h4-8,13-14,20-21,25H,2-3,9-12,15-18,29H2,1H3,(H,30,35)/t20?,21?,25-/m0/s1. The van der Waals surface area contributed by atoms with Crippen molar-refractivity contribution in [1.82, 2.24) is 14.2 Å². The highest BCUT2D eigenvalue weighted by molar-refractivity contribution is 7.88. The number of nitrogens with two attached hydrogens (primary N) is 1. The molecule has 1 saturated carbocycles. The van der Waals surface area contributed by atoms with Crippen molar-refractivity contribution in [2.24, 2.45) is 11.7 Å². The molecule has 40 heavy (non-hydrogen) atoms. The minimum Gasteiger partial charge on any atom is -0.460 e. The van der Waals surface area contributed by atoms with Crippen LogP contribution in [-0.4, -0.2) is 66.1 Å². The Morgan fingerprint density at radius 2 is 1.75 bits per heavy atom. The molecule has 0 radical (unpaired) electrons. The number of Topliss-reactive ketones (excluding diaryl/α,β-unsaturated/α-hetero) is 1. The molecule has 12 heteroatoms. The summed E-state index contributed by atoms with van der Waals surface area (Å²) in [5, 5.41) is 2.68. The fourth-order valence-corrected chi connectivity index (χ4v) is 6.64. The number of carbonyl (C=O) groups excluding carboxylic acids is 4. The zero-order chi connectivity index (χ0) is 28.9. The van der Waals surface area contributed by atoms with Crippen LogP contribution in [0.1, 0.15) is 72.0 Å². The molecule has 0 bridgehead atoms. The summed E-state index contributed by atoms with van der Waals surface area (Å²) in [5.74, 6) is -3.67. The van der Waals surface area contributed by atoms with Crippen molar-refractivity contribution >= 4 is 33.6 Å². The maximum atomic E-state index is 13.4. The Labute approximate surface area is 234 Å². The monoisotopic (exact) mass is 572 g/mol. The lowest BCUT2D eigenvalue weighted by Crippen LogP contribution is -2.51. The Kier molecular flexibility index (Phi) is 9.54. The normalized spacial score (nSPS) is 20.4. The van der Waals surface area contributed by atoms with Gasteiger partial charge >= 0.3 is 5.97 Å². The van der Waals surface area contributed by atoms with E-state index < -0.39 is 46.2 Å². The lowest BCUT2D eigenvalue weighted by molar-refractivity contribution is -0.155. The molecule has 3 N–H and O–H groups in total. The van der Waals surface area contributed by atoms with Gasteiger partial charge in [0.15, 0.2) is 0 Å². The Hall–Kier alpha value is -3.35. The van der Waals surface area contributed by atoms with Crippen molar-refractivity contribution < 1.29 is 32.3 Å². The number of hydrogen-bond donors (Lipinski definition) is 2. The van der Waals surface area contributed by atoms with Crippen LogP contribution in [0.2, 0.25) is 0 Å². The van der Waals surface area contributed by atoms with Gasteiger partial charge in [-0.25, -0.2) is 13.2 Å². The number of carbonyl (C=O) groups is 4. The summed E-state index contributed by atoms with van der Waals surface area (Å²) in [6, 6.07) is 10.5. The number of amides is 1. The molecule has 2 heterocycles. The lowest BCUT2D eigenvalue weighted by atomic mass is 9.80. The molecule has 1 fully saturated rings. The lowest BCUT2D eigenvalue weighted by Gasteiger charge is -2.32. The molecule has 11 nitrogen and oxygen atoms in total. The maximum Gasteiger partial charge on any atom is 0.376 e. The molecule has 1 amide bonds. The number of unbranched alkanes of at least 4 members (excludes halogenated alkanes) is 1. The molecule has 1 aliphatic heterocycles. The second-order valence-corrected chi connectivity index (χ2v) is 12.4. The third-order valence-electron chi connectivity index (χ3n) is 7.47. The Morgan fingerprint density at radius 1 is 1.05 bits per heavy atom. The van der Waals surface area contributed by atoms with Crippen molar-refractivity contribution in [2.45, 2.75) is 69.8 Å². The number of ether oxygens (including phenoxy) is 1. The number of ketones is 1. The van der Waals surface area contributed by atoms with Crippen molar-refractivity contribution in [3.05, 3.63) is 59.4 Å². The fourth-order valence-electron chi connectivity index (χ4n) is 5.20. The molecule has 4 rings (SSSR count). The third kappa shape index (κ3) is 6.86. The molecule has 0 spiro atoms. The van der Waals surface area contributed by atoms with Gasteiger partial charge in [-0.1, -0.05) is 43.7 Å². The van der Waals surface area contributed by atoms with Crippen LogP contribution in [0.4, 0.5) is 0 Å². The molecule has 0 unspecified atom stereocenters. The van der Waals surface area contributed by atoms with E-state index in [0.717, 1.165) is 10.7 Å². The van der Waals surface area contributed by atoms with E-state index in [2.05, 4.69) is 5.32 Å². The van der Waals surface area contributed by atoms with E-state index >= 15 is 0 Å². The highest BCUT2D eigenvalue weighted by atomic mass is 32.2. The Bertz CT molecular complexity index is 1350. The largest absolute Gasteiger partial charge is 0.460 e. The van der Waals surface area contributed by atoms with Gasteiger partial charge in [0.1, 0.15) is 11.7 Å². The number of nitrogens with one attached hydrogen (secondary N) is 1. The van der Waals surface area contributed by atoms with Gasteiger partial charge < -0.3 is 15.8 Å². The third-order valence-corrected chi connectivity index (χ3v) is 9.21. The minimum atomic E-state index is -3.80. The predicted octanol–water partition coefficient (Wildman–Crippen LogP) is 2.00. The van der Waals surface area contributed by atoms with Gasteiger partial charge in [-0.3, -0.25) is 19.0 Å². The van der Waals surface area contributed by atoms with Gasteiger partial charge in [-0.15, -0.1) is 0 Å². The molecule has 2 aliphatic rings. The van der Waals surface area contributed by atoms with Gasteiger partial charge in [0.2, 0.25) is 15.9 Å². The topological polar surface area (TPSA) is 158 Å². The summed E-state index contributed by atoms with van der Waals surface area (Å²) in [7, 11) is -3.80. The first-order valence-electron chi connectivity index (χ1n) is 13.6. The number of sulfonamides is 1. The summed E-state index contributed by atoms with van der Waals surface area (Å²) in [6.07, 6.45) is 3.83. The first-order valence-corrected chi connectivity index (χ1v) is 15.2. The van der Waals surface area contributed by atoms with Crippen molar-refractivity contribution in [3.8, 4) is 0 Å². The van der Waals surface area contributed by atoms with Crippen molar-refractivity contribution in [1.29, 1.82) is 0 Å². The molecule has 2 aromatic rings. The van der Waals surface area contributed by atoms with Crippen LogP contribution in [-0.2, 0) is 36.6 Å². The van der Waals surface area contributed by atoms with Crippen LogP contribution in [0.25, 0.3) is 0 Å². The molecular formula is C28H36N4O7S. The van der Waals surface area contributed by atoms with E-state index in [0.29, 0.717) is 43.4 Å². The number of rotatable bonds is 11. The molecule has 1 aromatic carbocycles. The second-order valence-electron chi connectivity index (χ2n) is 10.4. The SMILES string of the molecule is CCCCOC(=O)C(=O)[C@@H](NC(=O)c1ccc2n1C(=O)CN(S(=O)(=O)Cc1ccccc1)C2)C1CCC(N)CC1. The second kappa shape index (κ2) is 12.9. The Balaban J connectivity index is 1.51. The van der Waals surface area contributed by atoms with Crippen LogP contribution in [0.5, 0.6) is 0 Å². The van der Waals surface area contributed by atoms with Gasteiger partial charge in [-0.2, -0.15) is 4.31 Å². The number of fused-ring (bicyclic) bond motifs is 1. The summed E-state index contributed by atoms with van der Waals surface area (Å²) in [5.41, 5.74) is 6.93. The van der Waals surface area contributed by atoms with Crippen molar-refractivity contribution in [2.75, 3.05) is 13.2 Å². The van der Waals surface area contributed by atoms with E-state index in [1.807, 2.05) is 6.92 Å². The number of benzene rings is 1. The molecule has 1 aromatic heterocycles. The minimum absolute atomic E-state index is 0.00408. The average Bonchev–Trinajstić information content (AvgIpc) is 3.37. The zero-order valence-corrected chi connectivity index (χ0v) is 23.4. The van der Waals surface area contributed by atoms with Gasteiger partial charge in [0, 0.05) is 11.7 Å². The highest BCUT2D eigenvalue weighted by Gasteiger charge is 2.39. The van der Waals surface area contributed by atoms with Gasteiger partial charge in [0.25, 0.3) is 11.7 Å². The number of aromatic nitrogens is 1. The molecule has 1 atom stereocenters. The summed E-state index contributed by atoms with van der Waals surface area (Å²) in [4.78, 5) is 52.1. The van der Waals surface area contributed by atoms with Gasteiger partial charge in [-0.05, 0) is 55.7 Å². The number of esters is 1. The first-order chi connectivity index (χ1) is 19.1. The highest BCUT2D eigenvalue weighted by Crippen LogP contribution is 2.28. The van der Waals surface area contributed by atoms with Gasteiger partial charge in [0.05, 0.1) is 25.4 Å². The predicted molar refractivity (Wildman–Crippen MR) is 147 cm³/mol. The first kappa shape index (κ1) is 29.6. The zero-order valence-electron chi connectivity index (χ0n) is 22.6. The molecular weight excluding hydrogens is 536 g/mol. The quantitative estimate of drug-likeness (QED) is 0.235. The van der Waals surface area contributed by atoms with Crippen LogP contribution in [0.15, 0.2) is 42.5 Å². The summed E-state index contributed by atoms with van der Waals surface area (Å²) < 4.78 is 33.4. The average molecular weight is 573 g/mol. The van der Waals surface area contributed by atoms with Crippen LogP contribution >= 0.6 is 0 Å². The summed E-state index contributed by atoms with van der Waals surface area (Å²) >= 11 is 0. The van der Waals surface area contributed by atoms with E-state index in [9.17, 15) is 27.6 Å². The fraction of sp³-hybridized carbons (Fsp3) is 0.500. The van der Waals surface area contributed by atoms with Crippen LogP contribution in [0, 0.1) is 5.92 Å². The van der Waals surface area contributed by atoms with Crippen LogP contribution in [0.3, 0.4) is 0 Å². The maximum absolute atomic E-state index is 13.4. The Morgan fingerprint density at radius 3 is 2.42 bits per heavy atom. The number of nitrogens with zero attached hydrogens (tertiary/aromatic N) is 2. The molecule has 1 aliphatic carbocycles. The van der Waals surface area contributed by atoms with E-state index in [1.165, 1.54) is 16.7 Å². The molecule has 216 valence electrons. The summed E-state index contributed by atoms with van der Waals surface area (Å²) in [6.45, 7) is 1.54. The van der Waals surface area contributed by atoms with E-state index in [4.69, 9.17) is 10.5 Å². The van der Waals surface area contributed by atoms with E-state index in [-0.39, 0.29) is 36.6 Å². The smallest absolute Gasteiger partial charge is 0.376 e. The number of hydrogen-bond acceptors (Lipinski definition) is 8. The van der Waals surface area contributed by atoms with Crippen molar-refractivity contribution in [3.63, 3.8) is 0 Å². The van der Waals surface area contributed by atoms with Crippen LogP contribution < -0.4 is 11.1 Å².